The Morgan fingerprint density at radius 2 is 1.80 bits per heavy atom. The average Bonchev–Trinajstić information content (AvgIpc) is 2.49. The minimum absolute atomic E-state index is 0.0387. The molecule has 0 saturated heterocycles. The predicted octanol–water partition coefficient (Wildman–Crippen LogP) is 4.98. The summed E-state index contributed by atoms with van der Waals surface area (Å²) in [5.74, 6) is 1.57. The fraction of sp³-hybridized carbons (Fsp3) is 0.611. The van der Waals surface area contributed by atoms with E-state index in [0.29, 0.717) is 5.75 Å². The molecule has 0 N–H and O–H groups in total. The average molecular weight is 274 g/mol. The largest absolute Gasteiger partial charge is 0.426 e. The highest BCUT2D eigenvalue weighted by Crippen LogP contribution is 2.32. The lowest BCUT2D eigenvalue weighted by atomic mass is 9.80. The van der Waals surface area contributed by atoms with Crippen LogP contribution in [0.15, 0.2) is 30.3 Å². The van der Waals surface area contributed by atoms with Crippen molar-refractivity contribution >= 4 is 5.97 Å². The molecule has 2 heteroatoms. The van der Waals surface area contributed by atoms with Crippen LogP contribution in [0.1, 0.15) is 58.3 Å². The fourth-order valence-corrected chi connectivity index (χ4v) is 3.06. The minimum atomic E-state index is -0.0387. The highest BCUT2D eigenvalue weighted by molar-refractivity contribution is 5.75. The summed E-state index contributed by atoms with van der Waals surface area (Å²) >= 11 is 0. The highest BCUT2D eigenvalue weighted by Gasteiger charge is 2.27. The van der Waals surface area contributed by atoms with Gasteiger partial charge in [-0.05, 0) is 43.7 Å². The van der Waals surface area contributed by atoms with Gasteiger partial charge in [0.15, 0.2) is 0 Å². The molecule has 0 spiro atoms. The first-order valence-corrected chi connectivity index (χ1v) is 8.06. The normalized spacial score (nSPS) is 22.4. The Morgan fingerprint density at radius 3 is 2.45 bits per heavy atom. The molecule has 1 fully saturated rings. The molecule has 0 aromatic heterocycles. The van der Waals surface area contributed by atoms with E-state index >= 15 is 0 Å². The Morgan fingerprint density at radius 1 is 1.10 bits per heavy atom. The van der Waals surface area contributed by atoms with Crippen LogP contribution in [0.4, 0.5) is 0 Å². The van der Waals surface area contributed by atoms with E-state index in [2.05, 4.69) is 6.92 Å². The molecular formula is C18H26O2. The lowest BCUT2D eigenvalue weighted by Gasteiger charge is -2.27. The van der Waals surface area contributed by atoms with E-state index in [9.17, 15) is 4.79 Å². The molecule has 0 atom stereocenters. The number of rotatable bonds is 6. The number of hydrogen-bond donors (Lipinski definition) is 0. The van der Waals surface area contributed by atoms with Crippen LogP contribution < -0.4 is 4.74 Å². The van der Waals surface area contributed by atoms with Gasteiger partial charge in [-0.3, -0.25) is 4.79 Å². The van der Waals surface area contributed by atoms with E-state index < -0.39 is 0 Å². The number of carbonyl (C=O) groups excluding carboxylic acids is 1. The Balaban J connectivity index is 1.72. The number of para-hydroxylation sites is 1. The van der Waals surface area contributed by atoms with E-state index in [1.807, 2.05) is 30.3 Å². The maximum Gasteiger partial charge on any atom is 0.314 e. The van der Waals surface area contributed by atoms with Crippen LogP contribution in [0, 0.1) is 11.8 Å². The Hall–Kier alpha value is -1.31. The van der Waals surface area contributed by atoms with Gasteiger partial charge in [0.1, 0.15) is 5.75 Å². The maximum absolute atomic E-state index is 12.1. The summed E-state index contributed by atoms with van der Waals surface area (Å²) in [5.41, 5.74) is 0. The number of benzene rings is 1. The van der Waals surface area contributed by atoms with Crippen molar-refractivity contribution in [2.45, 2.75) is 58.3 Å². The zero-order valence-corrected chi connectivity index (χ0v) is 12.5. The molecule has 2 rings (SSSR count). The molecule has 0 amide bonds. The number of hydrogen-bond acceptors (Lipinski definition) is 2. The van der Waals surface area contributed by atoms with Crippen LogP contribution in [-0.2, 0) is 4.79 Å². The SMILES string of the molecule is CCCCCC1CCC(C(=O)Oc2ccccc2)CC1. The molecule has 0 heterocycles. The third kappa shape index (κ3) is 4.66. The quantitative estimate of drug-likeness (QED) is 0.415. The zero-order chi connectivity index (χ0) is 14.2. The van der Waals surface area contributed by atoms with Crippen molar-refractivity contribution in [1.29, 1.82) is 0 Å². The zero-order valence-electron chi connectivity index (χ0n) is 12.5. The first kappa shape index (κ1) is 15.1. The number of ether oxygens (including phenoxy) is 1. The summed E-state index contributed by atoms with van der Waals surface area (Å²) in [6.45, 7) is 2.25. The van der Waals surface area contributed by atoms with E-state index in [-0.39, 0.29) is 11.9 Å². The standard InChI is InChI=1S/C18H26O2/c1-2-3-5-8-15-11-13-16(14-12-15)18(19)20-17-9-6-4-7-10-17/h4,6-7,9-10,15-16H,2-3,5,8,11-14H2,1H3. The minimum Gasteiger partial charge on any atom is -0.426 e. The lowest BCUT2D eigenvalue weighted by molar-refractivity contribution is -0.140. The van der Waals surface area contributed by atoms with E-state index in [0.717, 1.165) is 18.8 Å². The summed E-state index contributed by atoms with van der Waals surface area (Å²) in [6.07, 6.45) is 9.71. The second-order valence-electron chi connectivity index (χ2n) is 5.95. The molecule has 110 valence electrons. The van der Waals surface area contributed by atoms with Gasteiger partial charge in [0, 0.05) is 0 Å². The highest BCUT2D eigenvalue weighted by atomic mass is 16.5. The topological polar surface area (TPSA) is 26.3 Å². The van der Waals surface area contributed by atoms with Crippen LogP contribution in [0.3, 0.4) is 0 Å². The molecule has 20 heavy (non-hydrogen) atoms. The molecule has 1 aliphatic carbocycles. The third-order valence-electron chi connectivity index (χ3n) is 4.36. The number of unbranched alkanes of at least 4 members (excludes halogenated alkanes) is 2. The Bertz CT molecular complexity index is 391. The van der Waals surface area contributed by atoms with Crippen LogP contribution in [-0.4, -0.2) is 5.97 Å². The van der Waals surface area contributed by atoms with Crippen LogP contribution in [0.2, 0.25) is 0 Å². The van der Waals surface area contributed by atoms with Crippen molar-refractivity contribution in [3.8, 4) is 5.75 Å². The molecule has 2 nitrogen and oxygen atoms in total. The summed E-state index contributed by atoms with van der Waals surface area (Å²) in [7, 11) is 0. The van der Waals surface area contributed by atoms with Crippen LogP contribution >= 0.6 is 0 Å². The molecule has 1 aromatic carbocycles. The summed E-state index contributed by atoms with van der Waals surface area (Å²) in [4.78, 5) is 12.1. The molecule has 1 aliphatic rings. The van der Waals surface area contributed by atoms with Gasteiger partial charge in [-0.15, -0.1) is 0 Å². The van der Waals surface area contributed by atoms with Gasteiger partial charge in [-0.2, -0.15) is 0 Å². The Labute approximate surface area is 122 Å². The molecular weight excluding hydrogens is 248 g/mol. The van der Waals surface area contributed by atoms with Crippen LogP contribution in [0.5, 0.6) is 5.75 Å². The number of carbonyl (C=O) groups is 1. The van der Waals surface area contributed by atoms with Gasteiger partial charge in [0.2, 0.25) is 0 Å². The van der Waals surface area contributed by atoms with Crippen molar-refractivity contribution < 1.29 is 9.53 Å². The van der Waals surface area contributed by atoms with Gasteiger partial charge in [-0.25, -0.2) is 0 Å². The monoisotopic (exact) mass is 274 g/mol. The number of esters is 1. The van der Waals surface area contributed by atoms with Gasteiger partial charge < -0.3 is 4.74 Å². The van der Waals surface area contributed by atoms with E-state index in [4.69, 9.17) is 4.74 Å². The molecule has 0 bridgehead atoms. The smallest absolute Gasteiger partial charge is 0.314 e. The molecule has 0 unspecified atom stereocenters. The lowest BCUT2D eigenvalue weighted by Crippen LogP contribution is -2.25. The summed E-state index contributed by atoms with van der Waals surface area (Å²) < 4.78 is 5.45. The van der Waals surface area contributed by atoms with Crippen molar-refractivity contribution in [2.75, 3.05) is 0 Å². The third-order valence-corrected chi connectivity index (χ3v) is 4.36. The maximum atomic E-state index is 12.1. The van der Waals surface area contributed by atoms with E-state index in [1.165, 1.54) is 38.5 Å². The van der Waals surface area contributed by atoms with Crippen molar-refractivity contribution in [1.82, 2.24) is 0 Å². The van der Waals surface area contributed by atoms with Crippen molar-refractivity contribution in [3.05, 3.63) is 30.3 Å². The van der Waals surface area contributed by atoms with Crippen molar-refractivity contribution in [3.63, 3.8) is 0 Å². The first-order valence-electron chi connectivity index (χ1n) is 8.06. The molecule has 1 saturated carbocycles. The first-order chi connectivity index (χ1) is 9.79. The van der Waals surface area contributed by atoms with Gasteiger partial charge in [0.05, 0.1) is 5.92 Å². The van der Waals surface area contributed by atoms with Gasteiger partial charge in [-0.1, -0.05) is 50.8 Å². The molecule has 0 radical (unpaired) electrons. The fourth-order valence-electron chi connectivity index (χ4n) is 3.06. The summed E-state index contributed by atoms with van der Waals surface area (Å²) in [5, 5.41) is 0. The second-order valence-corrected chi connectivity index (χ2v) is 5.95. The van der Waals surface area contributed by atoms with Crippen molar-refractivity contribution in [2.24, 2.45) is 11.8 Å². The Kier molecular flexibility index (Phi) is 6.10. The summed E-state index contributed by atoms with van der Waals surface area (Å²) in [6, 6.07) is 9.40. The molecule has 0 aliphatic heterocycles. The molecule has 1 aromatic rings. The van der Waals surface area contributed by atoms with E-state index in [1.54, 1.807) is 0 Å². The predicted molar refractivity (Wildman–Crippen MR) is 81.7 cm³/mol. The van der Waals surface area contributed by atoms with Gasteiger partial charge >= 0.3 is 5.97 Å². The van der Waals surface area contributed by atoms with Gasteiger partial charge in [0.25, 0.3) is 0 Å². The van der Waals surface area contributed by atoms with Crippen LogP contribution in [0.25, 0.3) is 0 Å². The second kappa shape index (κ2) is 8.08.